The summed E-state index contributed by atoms with van der Waals surface area (Å²) in [7, 11) is 0. The van der Waals surface area contributed by atoms with Gasteiger partial charge in [-0.3, -0.25) is 0 Å². The predicted molar refractivity (Wildman–Crippen MR) is 46.2 cm³/mol. The molecule has 3 nitrogen and oxygen atoms in total. The topological polar surface area (TPSA) is 55.5 Å². The molecule has 0 amide bonds. The van der Waals surface area contributed by atoms with Gasteiger partial charge >= 0.3 is 0 Å². The van der Waals surface area contributed by atoms with E-state index in [1.807, 2.05) is 12.1 Å². The number of rotatable bonds is 0. The van der Waals surface area contributed by atoms with E-state index in [-0.39, 0.29) is 0 Å². The van der Waals surface area contributed by atoms with Crippen LogP contribution in [0.5, 0.6) is 5.75 Å². The van der Waals surface area contributed by atoms with E-state index in [0.717, 1.165) is 18.8 Å². The van der Waals surface area contributed by atoms with Gasteiger partial charge in [0, 0.05) is 0 Å². The van der Waals surface area contributed by atoms with Crippen molar-refractivity contribution in [2.24, 2.45) is 5.90 Å². The molecular weight excluding hydrogens is 154 g/mol. The van der Waals surface area contributed by atoms with Gasteiger partial charge < -0.3 is 9.94 Å². The van der Waals surface area contributed by atoms with Crippen LogP contribution in [-0.2, 0) is 6.42 Å². The maximum absolute atomic E-state index is 6.50. The quantitative estimate of drug-likeness (QED) is 0.573. The Hall–Kier alpha value is -1.06. The number of para-hydroxylation sites is 1. The van der Waals surface area contributed by atoms with E-state index in [0.29, 0.717) is 0 Å². The summed E-state index contributed by atoms with van der Waals surface area (Å²) in [6.07, 6.45) is 2.34. The average molecular weight is 167 g/mol. The standard InChI is InChI=1S/C9H10O.H3NO/c1-2-6-9-8(4-1)5-3-7-10-9;1-2/h1-2,4,6H,3,5,7H2;2H,1H2. The van der Waals surface area contributed by atoms with Crippen molar-refractivity contribution < 1.29 is 9.94 Å². The Morgan fingerprint density at radius 2 is 2.00 bits per heavy atom. The van der Waals surface area contributed by atoms with Crippen molar-refractivity contribution in [3.05, 3.63) is 29.8 Å². The van der Waals surface area contributed by atoms with Crippen LogP contribution in [-0.4, -0.2) is 11.8 Å². The van der Waals surface area contributed by atoms with Crippen LogP contribution >= 0.6 is 0 Å². The highest BCUT2D eigenvalue weighted by molar-refractivity contribution is 5.34. The van der Waals surface area contributed by atoms with E-state index in [2.05, 4.69) is 18.0 Å². The Balaban J connectivity index is 0.000000336. The molecule has 0 saturated carbocycles. The fourth-order valence-electron chi connectivity index (χ4n) is 1.30. The molecule has 0 spiro atoms. The normalized spacial score (nSPS) is 13.5. The van der Waals surface area contributed by atoms with Crippen molar-refractivity contribution >= 4 is 0 Å². The Kier molecular flexibility index (Phi) is 3.57. The molecule has 0 bridgehead atoms. The molecule has 0 aliphatic carbocycles. The molecular formula is C9H13NO2. The van der Waals surface area contributed by atoms with Gasteiger partial charge in [0.15, 0.2) is 0 Å². The summed E-state index contributed by atoms with van der Waals surface area (Å²) in [5.41, 5.74) is 1.36. The molecule has 3 N–H and O–H groups in total. The zero-order chi connectivity index (χ0) is 8.81. The lowest BCUT2D eigenvalue weighted by Crippen LogP contribution is -2.07. The largest absolute Gasteiger partial charge is 0.493 e. The molecule has 1 aliphatic rings. The smallest absolute Gasteiger partial charge is 0.122 e. The molecule has 12 heavy (non-hydrogen) atoms. The number of ether oxygens (including phenoxy) is 1. The van der Waals surface area contributed by atoms with Crippen molar-refractivity contribution in [3.63, 3.8) is 0 Å². The third-order valence-corrected chi connectivity index (χ3v) is 1.82. The molecule has 0 saturated heterocycles. The summed E-state index contributed by atoms with van der Waals surface area (Å²) in [6, 6.07) is 8.25. The number of nitrogens with two attached hydrogens (primary N) is 1. The highest BCUT2D eigenvalue weighted by Crippen LogP contribution is 2.22. The third kappa shape index (κ3) is 1.96. The van der Waals surface area contributed by atoms with Gasteiger partial charge in [-0.2, -0.15) is 0 Å². The SMILES string of the molecule is NO.c1ccc2c(c1)CCCO2. The molecule has 1 heterocycles. The van der Waals surface area contributed by atoms with E-state index in [1.165, 1.54) is 12.0 Å². The Labute approximate surface area is 71.7 Å². The summed E-state index contributed by atoms with van der Waals surface area (Å²) in [5, 5.41) is 6.50. The van der Waals surface area contributed by atoms with Crippen LogP contribution in [0.4, 0.5) is 0 Å². The molecule has 3 heteroatoms. The number of hydrogen-bond acceptors (Lipinski definition) is 3. The molecule has 0 unspecified atom stereocenters. The first-order chi connectivity index (χ1) is 5.97. The van der Waals surface area contributed by atoms with Crippen LogP contribution in [0.3, 0.4) is 0 Å². The predicted octanol–water partition coefficient (Wildman–Crippen LogP) is 1.35. The molecule has 0 atom stereocenters. The van der Waals surface area contributed by atoms with Crippen molar-refractivity contribution in [3.8, 4) is 5.75 Å². The first-order valence-corrected chi connectivity index (χ1v) is 3.93. The van der Waals surface area contributed by atoms with Gasteiger partial charge in [0.1, 0.15) is 5.75 Å². The zero-order valence-electron chi connectivity index (χ0n) is 6.86. The molecule has 66 valence electrons. The molecule has 2 rings (SSSR count). The highest BCUT2D eigenvalue weighted by atomic mass is 16.5. The van der Waals surface area contributed by atoms with Crippen molar-refractivity contribution in [2.75, 3.05) is 6.61 Å². The lowest BCUT2D eigenvalue weighted by Gasteiger charge is -2.15. The van der Waals surface area contributed by atoms with Gasteiger partial charge in [-0.1, -0.05) is 18.2 Å². The van der Waals surface area contributed by atoms with Gasteiger partial charge in [0.2, 0.25) is 0 Å². The molecule has 0 radical (unpaired) electrons. The Morgan fingerprint density at radius 1 is 1.25 bits per heavy atom. The zero-order valence-corrected chi connectivity index (χ0v) is 6.86. The first-order valence-electron chi connectivity index (χ1n) is 3.93. The molecule has 1 aromatic carbocycles. The molecule has 1 aliphatic heterocycles. The van der Waals surface area contributed by atoms with E-state index >= 15 is 0 Å². The second-order valence-corrected chi connectivity index (χ2v) is 2.56. The summed E-state index contributed by atoms with van der Waals surface area (Å²) < 4.78 is 5.42. The number of aryl methyl sites for hydroxylation is 1. The van der Waals surface area contributed by atoms with Gasteiger partial charge in [-0.05, 0) is 24.5 Å². The second-order valence-electron chi connectivity index (χ2n) is 2.56. The minimum Gasteiger partial charge on any atom is -0.493 e. The van der Waals surface area contributed by atoms with Gasteiger partial charge in [0.05, 0.1) is 6.61 Å². The summed E-state index contributed by atoms with van der Waals surface area (Å²) in [4.78, 5) is 0. The lowest BCUT2D eigenvalue weighted by atomic mass is 10.1. The number of hydrogen-bond donors (Lipinski definition) is 2. The Morgan fingerprint density at radius 3 is 2.75 bits per heavy atom. The van der Waals surface area contributed by atoms with Crippen molar-refractivity contribution in [1.82, 2.24) is 0 Å². The van der Waals surface area contributed by atoms with E-state index in [1.54, 1.807) is 0 Å². The highest BCUT2D eigenvalue weighted by Gasteiger charge is 2.06. The minimum atomic E-state index is 0.886. The van der Waals surface area contributed by atoms with Crippen LogP contribution in [0.2, 0.25) is 0 Å². The number of benzene rings is 1. The monoisotopic (exact) mass is 167 g/mol. The summed E-state index contributed by atoms with van der Waals surface area (Å²) in [6.45, 7) is 0.886. The maximum atomic E-state index is 6.50. The van der Waals surface area contributed by atoms with Gasteiger partial charge in [-0.25, -0.2) is 5.90 Å². The number of fused-ring (bicyclic) bond motifs is 1. The lowest BCUT2D eigenvalue weighted by molar-refractivity contribution is 0.288. The van der Waals surface area contributed by atoms with Crippen LogP contribution < -0.4 is 10.6 Å². The fourth-order valence-corrected chi connectivity index (χ4v) is 1.30. The van der Waals surface area contributed by atoms with Gasteiger partial charge in [0.25, 0.3) is 0 Å². The minimum absolute atomic E-state index is 0.886. The molecule has 0 aromatic heterocycles. The van der Waals surface area contributed by atoms with Crippen LogP contribution in [0.1, 0.15) is 12.0 Å². The van der Waals surface area contributed by atoms with Crippen molar-refractivity contribution in [2.45, 2.75) is 12.8 Å². The second kappa shape index (κ2) is 4.74. The molecule has 0 fully saturated rings. The summed E-state index contributed by atoms with van der Waals surface area (Å²) in [5.74, 6) is 4.58. The van der Waals surface area contributed by atoms with E-state index in [9.17, 15) is 0 Å². The third-order valence-electron chi connectivity index (χ3n) is 1.82. The maximum Gasteiger partial charge on any atom is 0.122 e. The fraction of sp³-hybridized carbons (Fsp3) is 0.333. The van der Waals surface area contributed by atoms with Crippen LogP contribution in [0.25, 0.3) is 0 Å². The summed E-state index contributed by atoms with van der Waals surface area (Å²) >= 11 is 0. The Bertz CT molecular complexity index is 213. The van der Waals surface area contributed by atoms with E-state index in [4.69, 9.17) is 9.94 Å². The average Bonchev–Trinajstić information content (AvgIpc) is 2.21. The first kappa shape index (κ1) is 9.03. The van der Waals surface area contributed by atoms with Crippen LogP contribution in [0, 0.1) is 0 Å². The van der Waals surface area contributed by atoms with Crippen molar-refractivity contribution in [1.29, 1.82) is 0 Å². The molecule has 1 aromatic rings. The van der Waals surface area contributed by atoms with Crippen LogP contribution in [0.15, 0.2) is 24.3 Å². The van der Waals surface area contributed by atoms with E-state index < -0.39 is 0 Å². The van der Waals surface area contributed by atoms with Gasteiger partial charge in [-0.15, -0.1) is 0 Å².